The predicted octanol–water partition coefficient (Wildman–Crippen LogP) is 1.68. The monoisotopic (exact) mass is 291 g/mol. The molecule has 3 rings (SSSR count). The lowest BCUT2D eigenvalue weighted by molar-refractivity contribution is 0.194. The van der Waals surface area contributed by atoms with Gasteiger partial charge in [0.05, 0.1) is 5.52 Å². The van der Waals surface area contributed by atoms with Crippen LogP contribution in [0.3, 0.4) is 0 Å². The van der Waals surface area contributed by atoms with E-state index < -0.39 is 11.9 Å². The summed E-state index contributed by atoms with van der Waals surface area (Å²) in [5.74, 6) is -0.0797. The van der Waals surface area contributed by atoms with E-state index in [4.69, 9.17) is 5.11 Å². The molecule has 0 atom stereocenters. The molecule has 0 unspecified atom stereocenters. The highest BCUT2D eigenvalue weighted by Crippen LogP contribution is 2.34. The third-order valence-corrected chi connectivity index (χ3v) is 3.49. The Bertz CT molecular complexity index is 768. The van der Waals surface area contributed by atoms with Gasteiger partial charge in [-0.25, -0.2) is 14.2 Å². The van der Waals surface area contributed by atoms with Crippen molar-refractivity contribution in [3.63, 3.8) is 0 Å². The lowest BCUT2D eigenvalue weighted by atomic mass is 10.2. The second kappa shape index (κ2) is 5.16. The first-order valence-electron chi connectivity index (χ1n) is 6.74. The van der Waals surface area contributed by atoms with Crippen LogP contribution in [0.15, 0.2) is 23.0 Å². The van der Waals surface area contributed by atoms with Crippen LogP contribution in [0.25, 0.3) is 10.9 Å². The van der Waals surface area contributed by atoms with Crippen LogP contribution in [0.4, 0.5) is 9.18 Å². The number of amides is 1. The Hall–Kier alpha value is -2.44. The normalized spacial score (nSPS) is 14.3. The highest BCUT2D eigenvalue weighted by Gasteiger charge is 2.28. The summed E-state index contributed by atoms with van der Waals surface area (Å²) in [5.41, 5.74) is -0.0758. The third kappa shape index (κ3) is 2.58. The van der Waals surface area contributed by atoms with Gasteiger partial charge in [-0.1, -0.05) is 6.07 Å². The largest absolute Gasteiger partial charge is 0.465 e. The molecule has 0 aliphatic heterocycles. The maximum Gasteiger partial charge on any atom is 0.404 e. The molecule has 0 radical (unpaired) electrons. The third-order valence-electron chi connectivity index (χ3n) is 3.49. The zero-order valence-electron chi connectivity index (χ0n) is 11.2. The van der Waals surface area contributed by atoms with Crippen LogP contribution < -0.4 is 10.9 Å². The maximum atomic E-state index is 13.9. The molecule has 110 valence electrons. The van der Waals surface area contributed by atoms with E-state index in [9.17, 15) is 14.0 Å². The van der Waals surface area contributed by atoms with Crippen LogP contribution in [0, 0.1) is 5.82 Å². The van der Waals surface area contributed by atoms with Crippen molar-refractivity contribution in [1.82, 2.24) is 14.9 Å². The minimum Gasteiger partial charge on any atom is -0.465 e. The van der Waals surface area contributed by atoms with Crippen molar-refractivity contribution in [3.8, 4) is 0 Å². The molecule has 1 amide bonds. The number of hydrogen-bond donors (Lipinski definition) is 2. The summed E-state index contributed by atoms with van der Waals surface area (Å²) < 4.78 is 15.4. The lowest BCUT2D eigenvalue weighted by Gasteiger charge is -2.13. The summed E-state index contributed by atoms with van der Waals surface area (Å²) in [6.07, 6.45) is 0.897. The SMILES string of the molecule is O=C(O)NCCc1nc2cccc(F)c2c(=O)n1C1CC1. The summed E-state index contributed by atoms with van der Waals surface area (Å²) >= 11 is 0. The molecular formula is C14H14FN3O3. The lowest BCUT2D eigenvalue weighted by Crippen LogP contribution is -2.29. The van der Waals surface area contributed by atoms with E-state index in [0.717, 1.165) is 12.8 Å². The molecule has 1 fully saturated rings. The number of benzene rings is 1. The summed E-state index contributed by atoms with van der Waals surface area (Å²) in [6, 6.07) is 4.39. The van der Waals surface area contributed by atoms with Gasteiger partial charge in [0.15, 0.2) is 0 Å². The van der Waals surface area contributed by atoms with Crippen molar-refractivity contribution < 1.29 is 14.3 Å². The number of nitrogens with zero attached hydrogens (tertiary/aromatic N) is 2. The molecule has 0 spiro atoms. The van der Waals surface area contributed by atoms with E-state index in [1.54, 1.807) is 6.07 Å². The first-order chi connectivity index (χ1) is 10.1. The molecule has 0 saturated heterocycles. The van der Waals surface area contributed by atoms with Crippen molar-refractivity contribution in [1.29, 1.82) is 0 Å². The molecule has 0 bridgehead atoms. The summed E-state index contributed by atoms with van der Waals surface area (Å²) in [5, 5.41) is 10.8. The van der Waals surface area contributed by atoms with Crippen LogP contribution in [0.5, 0.6) is 0 Å². The Kier molecular flexibility index (Phi) is 3.32. The molecular weight excluding hydrogens is 277 g/mol. The summed E-state index contributed by atoms with van der Waals surface area (Å²) in [4.78, 5) is 27.3. The van der Waals surface area contributed by atoms with Gasteiger partial charge in [0, 0.05) is 19.0 Å². The van der Waals surface area contributed by atoms with Crippen molar-refractivity contribution in [2.24, 2.45) is 0 Å². The number of carbonyl (C=O) groups is 1. The van der Waals surface area contributed by atoms with Crippen LogP contribution in [-0.2, 0) is 6.42 Å². The molecule has 2 N–H and O–H groups in total. The molecule has 21 heavy (non-hydrogen) atoms. The predicted molar refractivity (Wildman–Crippen MR) is 74.0 cm³/mol. The van der Waals surface area contributed by atoms with E-state index in [1.165, 1.54) is 16.7 Å². The van der Waals surface area contributed by atoms with E-state index in [1.807, 2.05) is 0 Å². The van der Waals surface area contributed by atoms with E-state index in [2.05, 4.69) is 10.3 Å². The molecule has 2 aromatic rings. The summed E-state index contributed by atoms with van der Waals surface area (Å²) in [6.45, 7) is 0.162. The van der Waals surface area contributed by atoms with Gasteiger partial charge < -0.3 is 10.4 Å². The van der Waals surface area contributed by atoms with Crippen molar-refractivity contribution >= 4 is 17.0 Å². The minimum atomic E-state index is -1.12. The van der Waals surface area contributed by atoms with Gasteiger partial charge in [-0.05, 0) is 25.0 Å². The van der Waals surface area contributed by atoms with Crippen molar-refractivity contribution in [2.45, 2.75) is 25.3 Å². The number of halogens is 1. The number of hydrogen-bond acceptors (Lipinski definition) is 3. The standard InChI is InChI=1S/C14H14FN3O3/c15-9-2-1-3-10-12(9)13(19)18(8-4-5-8)11(17-10)6-7-16-14(20)21/h1-3,8,16H,4-7H2,(H,20,21). The average molecular weight is 291 g/mol. The van der Waals surface area contributed by atoms with E-state index >= 15 is 0 Å². The molecule has 1 aromatic carbocycles. The second-order valence-corrected chi connectivity index (χ2v) is 5.05. The Labute approximate surface area is 119 Å². The number of nitrogens with one attached hydrogen (secondary N) is 1. The van der Waals surface area contributed by atoms with Crippen LogP contribution in [0.2, 0.25) is 0 Å². The van der Waals surface area contributed by atoms with Crippen LogP contribution >= 0.6 is 0 Å². The Balaban J connectivity index is 2.08. The fraction of sp³-hybridized carbons (Fsp3) is 0.357. The zero-order valence-corrected chi connectivity index (χ0v) is 11.2. The van der Waals surface area contributed by atoms with Gasteiger partial charge in [-0.2, -0.15) is 0 Å². The quantitative estimate of drug-likeness (QED) is 0.897. The smallest absolute Gasteiger partial charge is 0.404 e. The number of fused-ring (bicyclic) bond motifs is 1. The molecule has 1 aromatic heterocycles. The zero-order chi connectivity index (χ0) is 15.0. The first kappa shape index (κ1) is 13.5. The van der Waals surface area contributed by atoms with Gasteiger partial charge in [-0.3, -0.25) is 9.36 Å². The minimum absolute atomic E-state index is 0.000608. The molecule has 1 heterocycles. The number of rotatable bonds is 4. The van der Waals surface area contributed by atoms with E-state index in [-0.39, 0.29) is 23.5 Å². The van der Waals surface area contributed by atoms with Gasteiger partial charge in [0.1, 0.15) is 17.0 Å². The molecule has 1 aliphatic carbocycles. The number of aromatic nitrogens is 2. The van der Waals surface area contributed by atoms with Crippen molar-refractivity contribution in [2.75, 3.05) is 6.54 Å². The van der Waals surface area contributed by atoms with Gasteiger partial charge in [0.25, 0.3) is 5.56 Å². The second-order valence-electron chi connectivity index (χ2n) is 5.05. The average Bonchev–Trinajstić information content (AvgIpc) is 3.22. The van der Waals surface area contributed by atoms with Crippen LogP contribution in [-0.4, -0.2) is 27.3 Å². The Morgan fingerprint density at radius 2 is 2.24 bits per heavy atom. The topological polar surface area (TPSA) is 84.2 Å². The molecule has 7 heteroatoms. The Morgan fingerprint density at radius 3 is 2.90 bits per heavy atom. The molecule has 6 nitrogen and oxygen atoms in total. The highest BCUT2D eigenvalue weighted by molar-refractivity contribution is 5.78. The van der Waals surface area contributed by atoms with Crippen LogP contribution in [0.1, 0.15) is 24.7 Å². The molecule has 1 aliphatic rings. The van der Waals surface area contributed by atoms with E-state index in [0.29, 0.717) is 17.8 Å². The summed E-state index contributed by atoms with van der Waals surface area (Å²) in [7, 11) is 0. The number of carboxylic acid groups (broad SMARTS) is 1. The fourth-order valence-electron chi connectivity index (χ4n) is 2.42. The Morgan fingerprint density at radius 1 is 1.48 bits per heavy atom. The first-order valence-corrected chi connectivity index (χ1v) is 6.74. The van der Waals surface area contributed by atoms with Gasteiger partial charge in [0.2, 0.25) is 0 Å². The van der Waals surface area contributed by atoms with Gasteiger partial charge in [-0.15, -0.1) is 0 Å². The maximum absolute atomic E-state index is 13.9. The van der Waals surface area contributed by atoms with Gasteiger partial charge >= 0.3 is 6.09 Å². The molecule has 1 saturated carbocycles. The fourth-order valence-corrected chi connectivity index (χ4v) is 2.42. The highest BCUT2D eigenvalue weighted by atomic mass is 19.1. The van der Waals surface area contributed by atoms with Crippen molar-refractivity contribution in [3.05, 3.63) is 40.2 Å².